The molecule has 0 N–H and O–H groups in total. The number of fused-ring (bicyclic) bond motifs is 1. The maximum atomic E-state index is 8.70. The van der Waals surface area contributed by atoms with Gasteiger partial charge in [-0.05, 0) is 31.0 Å². The van der Waals surface area contributed by atoms with E-state index in [-0.39, 0.29) is 6.54 Å². The standard InChI is InChI=1S/C11H12ClN3/c12-9-3-4-11-10(7-9)14-8-15(11)6-2-1-5-13/h3-4,7-8H,1-2,5-6H2. The summed E-state index contributed by atoms with van der Waals surface area (Å²) in [5.41, 5.74) is 10.7. The van der Waals surface area contributed by atoms with Crippen LogP contribution in [0.2, 0.25) is 5.02 Å². The smallest absolute Gasteiger partial charge is 0.0958 e. The molecule has 0 fully saturated rings. The van der Waals surface area contributed by atoms with Crippen LogP contribution in [-0.2, 0) is 6.54 Å². The van der Waals surface area contributed by atoms with Gasteiger partial charge in [0.05, 0.1) is 17.4 Å². The van der Waals surface area contributed by atoms with Crippen molar-refractivity contribution in [2.24, 2.45) is 0 Å². The summed E-state index contributed by atoms with van der Waals surface area (Å²) in [6.45, 7) is 1.14. The Kier molecular flexibility index (Phi) is 3.23. The van der Waals surface area contributed by atoms with Gasteiger partial charge in [-0.3, -0.25) is 0 Å². The van der Waals surface area contributed by atoms with Crippen LogP contribution in [-0.4, -0.2) is 16.1 Å². The van der Waals surface area contributed by atoms with Crippen molar-refractivity contribution in [1.29, 1.82) is 0 Å². The number of benzene rings is 1. The molecule has 4 heteroatoms. The van der Waals surface area contributed by atoms with E-state index in [2.05, 4.69) is 9.55 Å². The molecule has 2 radical (unpaired) electrons. The van der Waals surface area contributed by atoms with E-state index in [1.54, 1.807) is 0 Å². The Labute approximate surface area is 93.9 Å². The highest BCUT2D eigenvalue weighted by molar-refractivity contribution is 6.31. The highest BCUT2D eigenvalue weighted by Crippen LogP contribution is 2.18. The molecule has 0 spiro atoms. The zero-order valence-corrected chi connectivity index (χ0v) is 9.11. The molecule has 0 bridgehead atoms. The Hall–Kier alpha value is -1.06. The number of aryl methyl sites for hydroxylation is 1. The van der Waals surface area contributed by atoms with Crippen LogP contribution in [0.4, 0.5) is 0 Å². The number of rotatable bonds is 4. The largest absolute Gasteiger partial charge is 0.331 e. The maximum Gasteiger partial charge on any atom is 0.0958 e. The van der Waals surface area contributed by atoms with Crippen molar-refractivity contribution in [3.63, 3.8) is 0 Å². The molecule has 0 atom stereocenters. The Balaban J connectivity index is 2.21. The highest BCUT2D eigenvalue weighted by Gasteiger charge is 2.02. The van der Waals surface area contributed by atoms with Gasteiger partial charge in [-0.25, -0.2) is 4.98 Å². The molecule has 0 aliphatic carbocycles. The van der Waals surface area contributed by atoms with Gasteiger partial charge in [-0.2, -0.15) is 0 Å². The molecule has 0 amide bonds. The maximum absolute atomic E-state index is 8.70. The van der Waals surface area contributed by atoms with Crippen molar-refractivity contribution in [3.05, 3.63) is 29.5 Å². The molecule has 0 saturated carbocycles. The zero-order chi connectivity index (χ0) is 10.7. The van der Waals surface area contributed by atoms with E-state index in [0.29, 0.717) is 5.02 Å². The number of nitrogens with zero attached hydrogens (tertiary/aromatic N) is 3. The summed E-state index contributed by atoms with van der Waals surface area (Å²) in [7, 11) is 0. The van der Waals surface area contributed by atoms with Gasteiger partial charge in [-0.1, -0.05) is 11.6 Å². The van der Waals surface area contributed by atoms with E-state index < -0.39 is 0 Å². The lowest BCUT2D eigenvalue weighted by molar-refractivity contribution is 0.623. The molecule has 78 valence electrons. The summed E-state index contributed by atoms with van der Waals surface area (Å²) < 4.78 is 2.08. The summed E-state index contributed by atoms with van der Waals surface area (Å²) in [5.74, 6) is 0. The van der Waals surface area contributed by atoms with Crippen molar-refractivity contribution in [1.82, 2.24) is 15.3 Å². The first-order valence-electron chi connectivity index (χ1n) is 5.02. The number of imidazole rings is 1. The van der Waals surface area contributed by atoms with Gasteiger partial charge < -0.3 is 4.57 Å². The van der Waals surface area contributed by atoms with Crippen molar-refractivity contribution in [3.8, 4) is 0 Å². The molecule has 3 nitrogen and oxygen atoms in total. The summed E-state index contributed by atoms with van der Waals surface area (Å²) >= 11 is 5.87. The molecule has 0 unspecified atom stereocenters. The van der Waals surface area contributed by atoms with Crippen LogP contribution in [0.15, 0.2) is 24.5 Å². The summed E-state index contributed by atoms with van der Waals surface area (Å²) in [4.78, 5) is 4.27. The molecule has 0 saturated heterocycles. The summed E-state index contributed by atoms with van der Waals surface area (Å²) in [5, 5.41) is 0.711. The predicted molar refractivity (Wildman–Crippen MR) is 61.0 cm³/mol. The van der Waals surface area contributed by atoms with Gasteiger partial charge in [0.1, 0.15) is 0 Å². The average molecular weight is 222 g/mol. The monoisotopic (exact) mass is 221 g/mol. The zero-order valence-electron chi connectivity index (χ0n) is 8.36. The van der Waals surface area contributed by atoms with Gasteiger partial charge in [-0.15, -0.1) is 5.73 Å². The van der Waals surface area contributed by atoms with Crippen LogP contribution in [0.1, 0.15) is 12.8 Å². The van der Waals surface area contributed by atoms with Crippen LogP contribution >= 0.6 is 11.6 Å². The molecular formula is C11H12ClN3. The highest BCUT2D eigenvalue weighted by atomic mass is 35.5. The van der Waals surface area contributed by atoms with Crippen molar-refractivity contribution in [2.75, 3.05) is 6.54 Å². The molecule has 2 rings (SSSR count). The molecular weight excluding hydrogens is 210 g/mol. The third kappa shape index (κ3) is 2.30. The van der Waals surface area contributed by atoms with E-state index in [1.165, 1.54) is 0 Å². The van der Waals surface area contributed by atoms with E-state index in [1.807, 2.05) is 24.5 Å². The minimum atomic E-state index is 0.248. The number of aromatic nitrogens is 2. The number of hydrogen-bond acceptors (Lipinski definition) is 1. The fourth-order valence-electron chi connectivity index (χ4n) is 1.61. The Bertz CT molecular complexity index is 450. The van der Waals surface area contributed by atoms with E-state index in [9.17, 15) is 0 Å². The Morgan fingerprint density at radius 2 is 2.20 bits per heavy atom. The molecule has 15 heavy (non-hydrogen) atoms. The Morgan fingerprint density at radius 1 is 1.33 bits per heavy atom. The Morgan fingerprint density at radius 3 is 3.00 bits per heavy atom. The van der Waals surface area contributed by atoms with Gasteiger partial charge in [0.2, 0.25) is 0 Å². The SMILES string of the molecule is [N]CCCCn1cnc2cc(Cl)ccc21. The normalized spacial score (nSPS) is 11.1. The van der Waals surface area contributed by atoms with E-state index in [4.69, 9.17) is 17.3 Å². The van der Waals surface area contributed by atoms with Gasteiger partial charge in [0.25, 0.3) is 0 Å². The first-order chi connectivity index (χ1) is 7.31. The average Bonchev–Trinajstić information content (AvgIpc) is 2.61. The molecule has 1 aromatic carbocycles. The lowest BCUT2D eigenvalue weighted by Crippen LogP contribution is -1.97. The molecule has 2 aromatic rings. The predicted octanol–water partition coefficient (Wildman–Crippen LogP) is 2.54. The van der Waals surface area contributed by atoms with Crippen LogP contribution in [0.25, 0.3) is 11.0 Å². The first-order valence-corrected chi connectivity index (χ1v) is 5.40. The van der Waals surface area contributed by atoms with Crippen molar-refractivity contribution in [2.45, 2.75) is 19.4 Å². The third-order valence-corrected chi connectivity index (χ3v) is 2.63. The summed E-state index contributed by atoms with van der Waals surface area (Å²) in [6.07, 6.45) is 3.61. The van der Waals surface area contributed by atoms with Gasteiger partial charge in [0, 0.05) is 18.1 Å². The number of unbranched alkanes of at least 4 members (excludes halogenated alkanes) is 1. The fraction of sp³-hybridized carbons (Fsp3) is 0.364. The van der Waals surface area contributed by atoms with Crippen molar-refractivity contribution >= 4 is 22.6 Å². The fourth-order valence-corrected chi connectivity index (χ4v) is 1.78. The second-order valence-corrected chi connectivity index (χ2v) is 3.94. The second kappa shape index (κ2) is 4.64. The topological polar surface area (TPSA) is 40.1 Å². The third-order valence-electron chi connectivity index (χ3n) is 2.39. The lowest BCUT2D eigenvalue weighted by Gasteiger charge is -2.02. The van der Waals surface area contributed by atoms with E-state index >= 15 is 0 Å². The van der Waals surface area contributed by atoms with Crippen LogP contribution in [0.3, 0.4) is 0 Å². The molecule has 1 aromatic heterocycles. The summed E-state index contributed by atoms with van der Waals surface area (Å²) in [6, 6.07) is 5.71. The lowest BCUT2D eigenvalue weighted by atomic mass is 10.3. The second-order valence-electron chi connectivity index (χ2n) is 3.50. The number of halogens is 1. The van der Waals surface area contributed by atoms with Crippen LogP contribution in [0, 0.1) is 0 Å². The van der Waals surface area contributed by atoms with E-state index in [0.717, 1.165) is 30.4 Å². The molecule has 0 aliphatic rings. The molecule has 1 heterocycles. The molecule has 0 aliphatic heterocycles. The number of hydrogen-bond donors (Lipinski definition) is 0. The van der Waals surface area contributed by atoms with Crippen molar-refractivity contribution < 1.29 is 0 Å². The first kappa shape index (κ1) is 10.5. The van der Waals surface area contributed by atoms with Gasteiger partial charge >= 0.3 is 0 Å². The minimum Gasteiger partial charge on any atom is -0.331 e. The minimum absolute atomic E-state index is 0.248. The van der Waals surface area contributed by atoms with Gasteiger partial charge in [0.15, 0.2) is 0 Å². The van der Waals surface area contributed by atoms with Crippen LogP contribution < -0.4 is 5.73 Å². The quantitative estimate of drug-likeness (QED) is 0.732. The van der Waals surface area contributed by atoms with Crippen LogP contribution in [0.5, 0.6) is 0 Å².